The summed E-state index contributed by atoms with van der Waals surface area (Å²) < 4.78 is 4.87. The van der Waals surface area contributed by atoms with Crippen molar-refractivity contribution in [2.24, 2.45) is 0 Å². The average Bonchev–Trinajstić information content (AvgIpc) is 2.47. The average molecular weight is 309 g/mol. The Balaban J connectivity index is 2.63. The van der Waals surface area contributed by atoms with Crippen molar-refractivity contribution in [3.63, 3.8) is 0 Å². The summed E-state index contributed by atoms with van der Waals surface area (Å²) in [5, 5.41) is 14.8. The molecule has 21 heavy (non-hydrogen) atoms. The van der Waals surface area contributed by atoms with Gasteiger partial charge in [0.2, 0.25) is 0 Å². The van der Waals surface area contributed by atoms with Crippen LogP contribution in [0.25, 0.3) is 5.76 Å². The van der Waals surface area contributed by atoms with Crippen molar-refractivity contribution < 1.29 is 19.4 Å². The summed E-state index contributed by atoms with van der Waals surface area (Å²) in [6, 6.07) is 3.38. The zero-order valence-corrected chi connectivity index (χ0v) is 12.5. The third-order valence-electron chi connectivity index (χ3n) is 3.28. The van der Waals surface area contributed by atoms with E-state index in [0.717, 1.165) is 6.29 Å². The highest BCUT2D eigenvalue weighted by molar-refractivity contribution is 6.32. The molecule has 111 valence electrons. The van der Waals surface area contributed by atoms with Crippen molar-refractivity contribution in [2.75, 3.05) is 6.61 Å². The van der Waals surface area contributed by atoms with Crippen molar-refractivity contribution in [2.45, 2.75) is 26.3 Å². The maximum absolute atomic E-state index is 11.8. The van der Waals surface area contributed by atoms with Crippen molar-refractivity contribution in [3.05, 3.63) is 39.5 Å². The fourth-order valence-corrected chi connectivity index (χ4v) is 2.61. The Hall–Kier alpha value is -2.01. The minimum Gasteiger partial charge on any atom is -0.505 e. The first-order chi connectivity index (χ1) is 10.0. The van der Waals surface area contributed by atoms with Gasteiger partial charge in [0.15, 0.2) is 11.5 Å². The lowest BCUT2D eigenvalue weighted by Crippen LogP contribution is -2.24. The first-order valence-electron chi connectivity index (χ1n) is 6.56. The van der Waals surface area contributed by atoms with Gasteiger partial charge in [-0.2, -0.15) is 0 Å². The molecule has 0 saturated carbocycles. The molecule has 1 radical (unpaired) electrons. The van der Waals surface area contributed by atoms with Gasteiger partial charge in [0.1, 0.15) is 6.29 Å². The number of ether oxygens (including phenoxy) is 1. The number of esters is 1. The number of carbonyl (C=O) groups is 2. The number of rotatable bonds is 4. The van der Waals surface area contributed by atoms with Crippen LogP contribution >= 0.6 is 11.6 Å². The third-order valence-corrected chi connectivity index (χ3v) is 3.61. The van der Waals surface area contributed by atoms with Gasteiger partial charge in [0.25, 0.3) is 0 Å². The number of aldehydes is 1. The molecule has 0 spiro atoms. The largest absolute Gasteiger partial charge is 0.505 e. The molecular formula is C15H15ClNO4. The molecule has 5 nitrogen and oxygen atoms in total. The topological polar surface area (TPSA) is 77.7 Å². The van der Waals surface area contributed by atoms with Gasteiger partial charge in [0.05, 0.1) is 13.2 Å². The number of carbonyl (C=O) groups excluding carboxylic acids is 2. The van der Waals surface area contributed by atoms with Gasteiger partial charge in [-0.25, -0.2) is 4.79 Å². The molecule has 1 aromatic rings. The van der Waals surface area contributed by atoms with E-state index in [0.29, 0.717) is 21.7 Å². The summed E-state index contributed by atoms with van der Waals surface area (Å²) in [6.45, 7) is 3.76. The Bertz CT molecular complexity index is 624. The van der Waals surface area contributed by atoms with E-state index >= 15 is 0 Å². The number of nitrogens with zero attached hydrogens (tertiary/aromatic N) is 1. The summed E-state index contributed by atoms with van der Waals surface area (Å²) in [5.74, 6) is -1.48. The zero-order valence-electron chi connectivity index (χ0n) is 11.7. The van der Waals surface area contributed by atoms with Crippen LogP contribution in [0.5, 0.6) is 0 Å². The molecule has 1 atom stereocenters. The Labute approximate surface area is 127 Å². The normalized spacial score (nSPS) is 15.0. The molecule has 0 bridgehead atoms. The van der Waals surface area contributed by atoms with Gasteiger partial charge in [-0.15, -0.1) is 0 Å². The molecule has 0 fully saturated rings. The lowest BCUT2D eigenvalue weighted by atomic mass is 9.89. The van der Waals surface area contributed by atoms with Crippen molar-refractivity contribution in [3.8, 4) is 0 Å². The third kappa shape index (κ3) is 2.74. The van der Waals surface area contributed by atoms with Crippen LogP contribution in [0.15, 0.2) is 17.8 Å². The van der Waals surface area contributed by atoms with E-state index < -0.39 is 11.9 Å². The monoisotopic (exact) mass is 308 g/mol. The van der Waals surface area contributed by atoms with Crippen LogP contribution < -0.4 is 5.32 Å². The second-order valence-corrected chi connectivity index (χ2v) is 5.06. The molecule has 2 rings (SSSR count). The Morgan fingerprint density at radius 1 is 1.57 bits per heavy atom. The van der Waals surface area contributed by atoms with Crippen molar-refractivity contribution in [1.82, 2.24) is 5.32 Å². The Morgan fingerprint density at radius 3 is 2.90 bits per heavy atom. The van der Waals surface area contributed by atoms with E-state index in [2.05, 4.69) is 5.32 Å². The molecule has 1 heterocycles. The predicted octanol–water partition coefficient (Wildman–Crippen LogP) is 2.55. The van der Waals surface area contributed by atoms with E-state index in [1.165, 1.54) is 0 Å². The number of aliphatic hydroxyl groups excluding tert-OH is 1. The summed E-state index contributed by atoms with van der Waals surface area (Å²) in [7, 11) is 0. The molecular weight excluding hydrogens is 294 g/mol. The summed E-state index contributed by atoms with van der Waals surface area (Å²) >= 11 is 6.15. The van der Waals surface area contributed by atoms with E-state index in [-0.39, 0.29) is 24.6 Å². The highest BCUT2D eigenvalue weighted by Gasteiger charge is 2.30. The molecule has 1 N–H and O–H groups in total. The summed E-state index contributed by atoms with van der Waals surface area (Å²) in [4.78, 5) is 22.9. The van der Waals surface area contributed by atoms with Crippen molar-refractivity contribution >= 4 is 29.6 Å². The highest BCUT2D eigenvalue weighted by Crippen LogP contribution is 2.36. The molecule has 6 heteroatoms. The minimum atomic E-state index is -0.690. The Kier molecular flexibility index (Phi) is 4.53. The molecule has 0 saturated heterocycles. The van der Waals surface area contributed by atoms with Gasteiger partial charge in [-0.3, -0.25) is 5.32 Å². The van der Waals surface area contributed by atoms with Crippen LogP contribution in [-0.2, 0) is 20.9 Å². The maximum Gasteiger partial charge on any atom is 0.360 e. The predicted molar refractivity (Wildman–Crippen MR) is 78.0 cm³/mol. The van der Waals surface area contributed by atoms with Crippen molar-refractivity contribution in [1.29, 1.82) is 0 Å². The first kappa shape index (κ1) is 15.4. The van der Waals surface area contributed by atoms with Crippen LogP contribution in [-0.4, -0.2) is 24.0 Å². The fraction of sp³-hybridized carbons (Fsp3) is 0.333. The fourth-order valence-electron chi connectivity index (χ4n) is 2.28. The molecule has 1 aliphatic heterocycles. The Morgan fingerprint density at radius 2 is 2.29 bits per heavy atom. The second kappa shape index (κ2) is 6.18. The molecule has 0 aliphatic carbocycles. The van der Waals surface area contributed by atoms with E-state index in [1.807, 2.05) is 0 Å². The lowest BCUT2D eigenvalue weighted by Gasteiger charge is -2.23. The smallest absolute Gasteiger partial charge is 0.360 e. The number of fused-ring (bicyclic) bond motifs is 1. The van der Waals surface area contributed by atoms with Crippen LogP contribution in [0.2, 0.25) is 5.02 Å². The molecule has 1 aromatic carbocycles. The molecule has 0 aromatic heterocycles. The standard InChI is InChI=1S/C15H15ClNO4/c1-3-21-15(20)13-14(19)12-9(6-17-13)4-5-10(16)11(12)8(2)7-18/h4-5,7-8,19H,3,6H2,1-2H3. The lowest BCUT2D eigenvalue weighted by molar-refractivity contribution is -0.139. The zero-order chi connectivity index (χ0) is 15.6. The highest BCUT2D eigenvalue weighted by atomic mass is 35.5. The van der Waals surface area contributed by atoms with Gasteiger partial charge in [0, 0.05) is 16.5 Å². The number of halogens is 1. The van der Waals surface area contributed by atoms with Gasteiger partial charge >= 0.3 is 5.97 Å². The van der Waals surface area contributed by atoms with E-state index in [4.69, 9.17) is 16.3 Å². The number of hydrogen-bond donors (Lipinski definition) is 1. The first-order valence-corrected chi connectivity index (χ1v) is 6.93. The van der Waals surface area contributed by atoms with Gasteiger partial charge in [-0.1, -0.05) is 24.6 Å². The number of benzene rings is 1. The van der Waals surface area contributed by atoms with E-state index in [1.54, 1.807) is 26.0 Å². The SMILES string of the molecule is CCOC(=O)C1=C(O)c2c(ccc(Cl)c2C(C)C=O)C[N]1. The van der Waals surface area contributed by atoms with Gasteiger partial charge < -0.3 is 14.6 Å². The minimum absolute atomic E-state index is 0.133. The number of hydrogen-bond acceptors (Lipinski definition) is 4. The maximum atomic E-state index is 11.8. The van der Waals surface area contributed by atoms with Crippen LogP contribution in [0, 0.1) is 0 Å². The molecule has 1 aliphatic rings. The molecule has 1 unspecified atom stereocenters. The molecule has 0 amide bonds. The van der Waals surface area contributed by atoms with Crippen LogP contribution in [0.1, 0.15) is 36.5 Å². The van der Waals surface area contributed by atoms with Gasteiger partial charge in [-0.05, 0) is 24.1 Å². The number of aliphatic hydroxyl groups is 1. The quantitative estimate of drug-likeness (QED) is 0.685. The van der Waals surface area contributed by atoms with E-state index in [9.17, 15) is 14.7 Å². The van der Waals surface area contributed by atoms with Crippen LogP contribution in [0.3, 0.4) is 0 Å². The summed E-state index contributed by atoms with van der Waals surface area (Å²) in [5.41, 5.74) is 1.48. The summed E-state index contributed by atoms with van der Waals surface area (Å²) in [6.07, 6.45) is 0.741. The second-order valence-electron chi connectivity index (χ2n) is 4.65. The van der Waals surface area contributed by atoms with Crippen LogP contribution in [0.4, 0.5) is 0 Å².